The lowest BCUT2D eigenvalue weighted by atomic mass is 9.87. The predicted molar refractivity (Wildman–Crippen MR) is 75.2 cm³/mol. The average molecular weight is 256 g/mol. The molecule has 3 nitrogen and oxygen atoms in total. The van der Waals surface area contributed by atoms with Crippen molar-refractivity contribution in [2.24, 2.45) is 5.41 Å². The topological polar surface area (TPSA) is 21.7 Å². The van der Waals surface area contributed by atoms with E-state index < -0.39 is 0 Å². The molecule has 3 rings (SSSR count). The molecular weight excluding hydrogens is 234 g/mol. The maximum absolute atomic E-state index is 4.72. The van der Waals surface area contributed by atoms with E-state index in [1.165, 1.54) is 18.7 Å². The van der Waals surface area contributed by atoms with Gasteiger partial charge in [0.15, 0.2) is 0 Å². The Morgan fingerprint density at radius 2 is 2.00 bits per heavy atom. The molecule has 1 aromatic carbocycles. The molecule has 0 saturated carbocycles. The molecule has 0 spiro atoms. The Kier molecular flexibility index (Phi) is 2.92. The van der Waals surface area contributed by atoms with Gasteiger partial charge < -0.3 is 0 Å². The fourth-order valence-electron chi connectivity index (χ4n) is 2.92. The molecule has 100 valence electrons. The predicted octanol–water partition coefficient (Wildman–Crippen LogP) is 3.08. The van der Waals surface area contributed by atoms with Crippen molar-refractivity contribution in [3.8, 4) is 5.69 Å². The van der Waals surface area contributed by atoms with Gasteiger partial charge in [-0.05, 0) is 30.4 Å². The number of rotatable bonds is 2. The number of fused-ring (bicyclic) bond motifs is 1. The first kappa shape index (κ1) is 12.4. The third-order valence-corrected chi connectivity index (χ3v) is 3.72. The smallest absolute Gasteiger partial charge is 0.231 e. The van der Waals surface area contributed by atoms with Gasteiger partial charge in [0.25, 0.3) is 5.82 Å². The van der Waals surface area contributed by atoms with E-state index in [9.17, 15) is 0 Å². The van der Waals surface area contributed by atoms with Crippen LogP contribution in [0.2, 0.25) is 0 Å². The van der Waals surface area contributed by atoms with Gasteiger partial charge in [0.2, 0.25) is 6.33 Å². The van der Waals surface area contributed by atoms with Gasteiger partial charge in [-0.3, -0.25) is 0 Å². The quantitative estimate of drug-likeness (QED) is 0.757. The van der Waals surface area contributed by atoms with Gasteiger partial charge in [-0.25, -0.2) is 4.57 Å². The highest BCUT2D eigenvalue weighted by Crippen LogP contribution is 2.30. The van der Waals surface area contributed by atoms with Crippen molar-refractivity contribution in [3.63, 3.8) is 0 Å². The Morgan fingerprint density at radius 3 is 2.68 bits per heavy atom. The molecule has 0 amide bonds. The van der Waals surface area contributed by atoms with Crippen LogP contribution in [0.3, 0.4) is 0 Å². The summed E-state index contributed by atoms with van der Waals surface area (Å²) in [6.45, 7) is 6.94. The number of hydrogen-bond donors (Lipinski definition) is 0. The first-order chi connectivity index (χ1) is 9.03. The third kappa shape index (κ3) is 2.55. The summed E-state index contributed by atoms with van der Waals surface area (Å²) < 4.78 is 4.38. The van der Waals surface area contributed by atoms with Gasteiger partial charge in [0.1, 0.15) is 5.69 Å². The first-order valence-corrected chi connectivity index (χ1v) is 7.08. The zero-order valence-electron chi connectivity index (χ0n) is 12.0. The summed E-state index contributed by atoms with van der Waals surface area (Å²) in [5.41, 5.74) is 1.51. The second kappa shape index (κ2) is 4.48. The minimum Gasteiger partial charge on any atom is -0.231 e. The van der Waals surface area contributed by atoms with Gasteiger partial charge in [-0.15, -0.1) is 0 Å². The number of para-hydroxylation sites is 1. The molecule has 0 N–H and O–H groups in total. The second-order valence-electron chi connectivity index (χ2n) is 6.68. The summed E-state index contributed by atoms with van der Waals surface area (Å²) in [7, 11) is 0. The lowest BCUT2D eigenvalue weighted by Gasteiger charge is -2.21. The molecule has 0 bridgehead atoms. The molecule has 0 radical (unpaired) electrons. The minimum atomic E-state index is 0.369. The van der Waals surface area contributed by atoms with Crippen LogP contribution in [0.1, 0.15) is 45.5 Å². The van der Waals surface area contributed by atoms with Crippen molar-refractivity contribution in [2.45, 2.75) is 46.1 Å². The summed E-state index contributed by atoms with van der Waals surface area (Å²) in [5.74, 6) is 1.22. The van der Waals surface area contributed by atoms with Gasteiger partial charge in [0, 0.05) is 11.5 Å². The van der Waals surface area contributed by atoms with Crippen molar-refractivity contribution >= 4 is 0 Å². The molecule has 19 heavy (non-hydrogen) atoms. The minimum absolute atomic E-state index is 0.369. The second-order valence-corrected chi connectivity index (χ2v) is 6.68. The van der Waals surface area contributed by atoms with Gasteiger partial charge in [-0.1, -0.05) is 43.7 Å². The van der Waals surface area contributed by atoms with Crippen molar-refractivity contribution < 1.29 is 4.57 Å². The molecule has 1 aliphatic heterocycles. The maximum atomic E-state index is 4.72. The summed E-state index contributed by atoms with van der Waals surface area (Å²) in [6, 6.07) is 10.9. The number of aryl methyl sites for hydroxylation is 1. The van der Waals surface area contributed by atoms with Crippen LogP contribution in [-0.4, -0.2) is 9.78 Å². The summed E-state index contributed by atoms with van der Waals surface area (Å²) in [4.78, 5) is 0. The lowest BCUT2D eigenvalue weighted by molar-refractivity contribution is -0.719. The van der Waals surface area contributed by atoms with E-state index in [4.69, 9.17) is 5.10 Å². The Morgan fingerprint density at radius 1 is 1.26 bits per heavy atom. The van der Waals surface area contributed by atoms with E-state index in [0.717, 1.165) is 12.1 Å². The van der Waals surface area contributed by atoms with Crippen LogP contribution < -0.4 is 4.57 Å². The van der Waals surface area contributed by atoms with Crippen LogP contribution in [0, 0.1) is 5.41 Å². The van der Waals surface area contributed by atoms with E-state index >= 15 is 0 Å². The molecule has 0 fully saturated rings. The van der Waals surface area contributed by atoms with Crippen molar-refractivity contribution in [2.75, 3.05) is 0 Å². The highest BCUT2D eigenvalue weighted by Gasteiger charge is 2.34. The standard InChI is InChI=1S/C16H22N3/c1-16(2,3)11-14-9-10-15-17-19(12-18(14)15)13-7-5-4-6-8-13/h4-8,12,14H,9-11H2,1-3H3/q+1. The summed E-state index contributed by atoms with van der Waals surface area (Å²) in [6.07, 6.45) is 5.70. The zero-order chi connectivity index (χ0) is 13.5. The fourth-order valence-corrected chi connectivity index (χ4v) is 2.92. The van der Waals surface area contributed by atoms with Crippen LogP contribution in [0.15, 0.2) is 36.7 Å². The van der Waals surface area contributed by atoms with E-state index in [2.05, 4.69) is 55.9 Å². The van der Waals surface area contributed by atoms with Crippen LogP contribution in [0.5, 0.6) is 0 Å². The van der Waals surface area contributed by atoms with Gasteiger partial charge in [-0.2, -0.15) is 0 Å². The number of nitrogens with zero attached hydrogens (tertiary/aromatic N) is 3. The normalized spacial score (nSPS) is 18.6. The van der Waals surface area contributed by atoms with E-state index in [-0.39, 0.29) is 0 Å². The third-order valence-electron chi connectivity index (χ3n) is 3.72. The van der Waals surface area contributed by atoms with Crippen molar-refractivity contribution in [1.82, 2.24) is 9.78 Å². The SMILES string of the molecule is CC(C)(C)CC1CCc2nn(-c3ccccc3)c[n+]21. The summed E-state index contributed by atoms with van der Waals surface area (Å²) in [5, 5.41) is 4.72. The molecule has 3 heteroatoms. The zero-order valence-corrected chi connectivity index (χ0v) is 12.0. The monoisotopic (exact) mass is 256 g/mol. The molecule has 0 saturated heterocycles. The summed E-state index contributed by atoms with van der Waals surface area (Å²) >= 11 is 0. The molecule has 2 aromatic rings. The largest absolute Gasteiger partial charge is 0.278 e. The number of hydrogen-bond acceptors (Lipinski definition) is 1. The highest BCUT2D eigenvalue weighted by atomic mass is 15.4. The molecule has 1 unspecified atom stereocenters. The van der Waals surface area contributed by atoms with Gasteiger partial charge >= 0.3 is 0 Å². The first-order valence-electron chi connectivity index (χ1n) is 7.08. The van der Waals surface area contributed by atoms with E-state index in [1.54, 1.807) is 0 Å². The van der Waals surface area contributed by atoms with Crippen LogP contribution in [0.4, 0.5) is 0 Å². The molecule has 2 heterocycles. The Labute approximate surface area is 114 Å². The maximum Gasteiger partial charge on any atom is 0.278 e. The van der Waals surface area contributed by atoms with Gasteiger partial charge in [0.05, 0.1) is 6.04 Å². The average Bonchev–Trinajstić information content (AvgIpc) is 2.91. The number of benzene rings is 1. The molecule has 1 aliphatic rings. The Bertz CT molecular complexity index is 563. The molecule has 1 aromatic heterocycles. The molecular formula is C16H22N3+. The highest BCUT2D eigenvalue weighted by molar-refractivity contribution is 5.28. The van der Waals surface area contributed by atoms with E-state index in [0.29, 0.717) is 11.5 Å². The van der Waals surface area contributed by atoms with E-state index in [1.807, 2.05) is 10.7 Å². The Balaban J connectivity index is 1.89. The Hall–Kier alpha value is -1.64. The van der Waals surface area contributed by atoms with Crippen LogP contribution >= 0.6 is 0 Å². The van der Waals surface area contributed by atoms with Crippen molar-refractivity contribution in [1.29, 1.82) is 0 Å². The molecule has 1 atom stereocenters. The van der Waals surface area contributed by atoms with Crippen LogP contribution in [-0.2, 0) is 6.42 Å². The van der Waals surface area contributed by atoms with Crippen LogP contribution in [0.25, 0.3) is 5.69 Å². The number of aromatic nitrogens is 3. The lowest BCUT2D eigenvalue weighted by Crippen LogP contribution is -2.38. The molecule has 0 aliphatic carbocycles. The fraction of sp³-hybridized carbons (Fsp3) is 0.500. The van der Waals surface area contributed by atoms with Crippen molar-refractivity contribution in [3.05, 3.63) is 42.5 Å².